The Labute approximate surface area is 124 Å². The lowest BCUT2D eigenvalue weighted by Crippen LogP contribution is -2.34. The fraction of sp³-hybridized carbons (Fsp3) is 0.533. The normalized spacial score (nSPS) is 14.5. The molecule has 0 aliphatic heterocycles. The second kappa shape index (κ2) is 6.62. The van der Waals surface area contributed by atoms with Crippen molar-refractivity contribution in [2.24, 2.45) is 5.92 Å². The number of carbonyl (C=O) groups is 1. The monoisotopic (exact) mass is 299 g/mol. The van der Waals surface area contributed by atoms with Crippen LogP contribution in [-0.4, -0.2) is 23.9 Å². The molecule has 1 saturated carbocycles. The fourth-order valence-electron chi connectivity index (χ4n) is 2.14. The van der Waals surface area contributed by atoms with Crippen LogP contribution in [0.3, 0.4) is 0 Å². The highest BCUT2D eigenvalue weighted by Gasteiger charge is 2.26. The van der Waals surface area contributed by atoms with Gasteiger partial charge in [-0.1, -0.05) is 36.2 Å². The molecule has 0 saturated heterocycles. The van der Waals surface area contributed by atoms with Crippen molar-refractivity contribution in [3.63, 3.8) is 0 Å². The predicted molar refractivity (Wildman–Crippen MR) is 79.8 cm³/mol. The van der Waals surface area contributed by atoms with E-state index in [2.05, 4.69) is 6.92 Å². The summed E-state index contributed by atoms with van der Waals surface area (Å²) in [5, 5.41) is 1.17. The molecule has 0 unspecified atom stereocenters. The third-order valence-corrected chi connectivity index (χ3v) is 3.97. The fourth-order valence-corrected chi connectivity index (χ4v) is 2.61. The molecule has 104 valence electrons. The molecule has 1 aromatic carbocycles. The van der Waals surface area contributed by atoms with E-state index in [1.54, 1.807) is 12.1 Å². The van der Waals surface area contributed by atoms with E-state index in [-0.39, 0.29) is 5.91 Å². The van der Waals surface area contributed by atoms with Crippen LogP contribution in [0.15, 0.2) is 18.2 Å². The maximum atomic E-state index is 12.3. The second-order valence-electron chi connectivity index (χ2n) is 5.20. The largest absolute Gasteiger partial charge is 0.342 e. The maximum Gasteiger partial charge on any atom is 0.227 e. The first-order valence-corrected chi connectivity index (χ1v) is 7.57. The number of hydrogen-bond acceptors (Lipinski definition) is 1. The molecular weight excluding hydrogens is 281 g/mol. The lowest BCUT2D eigenvalue weighted by atomic mass is 10.1. The summed E-state index contributed by atoms with van der Waals surface area (Å²) in [6.07, 6.45) is 3.87. The topological polar surface area (TPSA) is 20.3 Å². The van der Waals surface area contributed by atoms with Crippen molar-refractivity contribution in [1.29, 1.82) is 0 Å². The Kier molecular flexibility index (Phi) is 5.12. The highest BCUT2D eigenvalue weighted by atomic mass is 35.5. The van der Waals surface area contributed by atoms with Crippen LogP contribution in [0, 0.1) is 5.92 Å². The Hall–Kier alpha value is -0.730. The van der Waals surface area contributed by atoms with E-state index in [0.29, 0.717) is 16.5 Å². The van der Waals surface area contributed by atoms with E-state index in [9.17, 15) is 4.79 Å². The first-order valence-electron chi connectivity index (χ1n) is 6.82. The lowest BCUT2D eigenvalue weighted by Gasteiger charge is -2.22. The van der Waals surface area contributed by atoms with Crippen LogP contribution in [-0.2, 0) is 11.2 Å². The van der Waals surface area contributed by atoms with Crippen LogP contribution >= 0.6 is 23.2 Å². The van der Waals surface area contributed by atoms with Crippen molar-refractivity contribution in [2.45, 2.75) is 32.6 Å². The first-order chi connectivity index (χ1) is 9.10. The van der Waals surface area contributed by atoms with Gasteiger partial charge in [0.1, 0.15) is 0 Å². The van der Waals surface area contributed by atoms with Gasteiger partial charge in [-0.3, -0.25) is 4.79 Å². The number of carbonyl (C=O) groups excluding carboxylic acids is 1. The van der Waals surface area contributed by atoms with Gasteiger partial charge in [0.25, 0.3) is 0 Å². The van der Waals surface area contributed by atoms with E-state index in [0.717, 1.165) is 31.0 Å². The molecule has 19 heavy (non-hydrogen) atoms. The van der Waals surface area contributed by atoms with Gasteiger partial charge in [-0.05, 0) is 42.9 Å². The van der Waals surface area contributed by atoms with Gasteiger partial charge in [-0.2, -0.15) is 0 Å². The zero-order valence-corrected chi connectivity index (χ0v) is 12.7. The molecule has 1 aromatic rings. The standard InChI is InChI=1S/C15H19Cl2NO/c1-2-7-18(10-11-3-4-11)15(19)8-12-5-6-13(16)9-14(12)17/h5-6,9,11H,2-4,7-8,10H2,1H3. The highest BCUT2D eigenvalue weighted by Crippen LogP contribution is 2.30. The summed E-state index contributed by atoms with van der Waals surface area (Å²) in [5.74, 6) is 0.883. The molecule has 0 spiro atoms. The van der Waals surface area contributed by atoms with Crippen LogP contribution in [0.25, 0.3) is 0 Å². The quantitative estimate of drug-likeness (QED) is 0.771. The number of nitrogens with zero attached hydrogens (tertiary/aromatic N) is 1. The van der Waals surface area contributed by atoms with E-state index >= 15 is 0 Å². The Balaban J connectivity index is 2.00. The number of halogens is 2. The number of benzene rings is 1. The molecule has 2 nitrogen and oxygen atoms in total. The van der Waals surface area contributed by atoms with Crippen LogP contribution in [0.4, 0.5) is 0 Å². The molecule has 1 amide bonds. The van der Waals surface area contributed by atoms with Crippen LogP contribution in [0.1, 0.15) is 31.7 Å². The minimum Gasteiger partial charge on any atom is -0.342 e. The van der Waals surface area contributed by atoms with E-state index < -0.39 is 0 Å². The summed E-state index contributed by atoms with van der Waals surface area (Å²) in [7, 11) is 0. The summed E-state index contributed by atoms with van der Waals surface area (Å²) < 4.78 is 0. The van der Waals surface area contributed by atoms with Crippen molar-refractivity contribution in [2.75, 3.05) is 13.1 Å². The smallest absolute Gasteiger partial charge is 0.227 e. The molecule has 0 bridgehead atoms. The average molecular weight is 300 g/mol. The first kappa shape index (κ1) is 14.7. The number of amides is 1. The molecule has 0 aromatic heterocycles. The Morgan fingerprint density at radius 1 is 1.37 bits per heavy atom. The summed E-state index contributed by atoms with van der Waals surface area (Å²) in [6.45, 7) is 3.83. The third kappa shape index (κ3) is 4.39. The van der Waals surface area contributed by atoms with Crippen molar-refractivity contribution >= 4 is 29.1 Å². The average Bonchev–Trinajstić information content (AvgIpc) is 3.16. The molecule has 0 heterocycles. The molecule has 0 atom stereocenters. The molecule has 0 radical (unpaired) electrons. The zero-order valence-electron chi connectivity index (χ0n) is 11.2. The van der Waals surface area contributed by atoms with Crippen molar-refractivity contribution < 1.29 is 4.79 Å². The van der Waals surface area contributed by atoms with Crippen molar-refractivity contribution in [3.8, 4) is 0 Å². The molecule has 1 aliphatic carbocycles. The minimum absolute atomic E-state index is 0.165. The Morgan fingerprint density at radius 2 is 2.11 bits per heavy atom. The third-order valence-electron chi connectivity index (χ3n) is 3.38. The lowest BCUT2D eigenvalue weighted by molar-refractivity contribution is -0.130. The predicted octanol–water partition coefficient (Wildman–Crippen LogP) is 4.18. The van der Waals surface area contributed by atoms with Gasteiger partial charge in [0.15, 0.2) is 0 Å². The van der Waals surface area contributed by atoms with Crippen LogP contribution in [0.2, 0.25) is 10.0 Å². The van der Waals surface area contributed by atoms with Crippen molar-refractivity contribution in [3.05, 3.63) is 33.8 Å². The molecule has 0 N–H and O–H groups in total. The minimum atomic E-state index is 0.165. The van der Waals surface area contributed by atoms with Gasteiger partial charge in [0, 0.05) is 23.1 Å². The summed E-state index contributed by atoms with van der Waals surface area (Å²) in [4.78, 5) is 14.3. The zero-order chi connectivity index (χ0) is 13.8. The van der Waals surface area contributed by atoms with E-state index in [4.69, 9.17) is 23.2 Å². The molecular formula is C15H19Cl2NO. The number of rotatable bonds is 6. The molecule has 4 heteroatoms. The summed E-state index contributed by atoms with van der Waals surface area (Å²) in [6, 6.07) is 5.31. The molecule has 1 aliphatic rings. The number of hydrogen-bond donors (Lipinski definition) is 0. The van der Waals surface area contributed by atoms with Gasteiger partial charge in [0.2, 0.25) is 5.91 Å². The summed E-state index contributed by atoms with van der Waals surface area (Å²) in [5.41, 5.74) is 0.855. The maximum absolute atomic E-state index is 12.3. The van der Waals surface area contributed by atoms with Gasteiger partial charge >= 0.3 is 0 Å². The molecule has 1 fully saturated rings. The summed E-state index contributed by atoms with van der Waals surface area (Å²) >= 11 is 12.0. The second-order valence-corrected chi connectivity index (χ2v) is 6.04. The van der Waals surface area contributed by atoms with E-state index in [1.165, 1.54) is 12.8 Å². The van der Waals surface area contributed by atoms with Crippen LogP contribution < -0.4 is 0 Å². The van der Waals surface area contributed by atoms with Gasteiger partial charge in [0.05, 0.1) is 6.42 Å². The highest BCUT2D eigenvalue weighted by molar-refractivity contribution is 6.35. The van der Waals surface area contributed by atoms with Gasteiger partial charge in [-0.15, -0.1) is 0 Å². The Morgan fingerprint density at radius 3 is 2.68 bits per heavy atom. The van der Waals surface area contributed by atoms with Gasteiger partial charge < -0.3 is 4.90 Å². The SMILES string of the molecule is CCCN(CC1CC1)C(=O)Cc1ccc(Cl)cc1Cl. The van der Waals surface area contributed by atoms with Gasteiger partial charge in [-0.25, -0.2) is 0 Å². The molecule has 2 rings (SSSR count). The van der Waals surface area contributed by atoms with E-state index in [1.807, 2.05) is 11.0 Å². The van der Waals surface area contributed by atoms with Crippen LogP contribution in [0.5, 0.6) is 0 Å². The Bertz CT molecular complexity index is 457. The van der Waals surface area contributed by atoms with Crippen molar-refractivity contribution in [1.82, 2.24) is 4.90 Å².